The van der Waals surface area contributed by atoms with E-state index in [0.717, 1.165) is 56.6 Å². The molecule has 0 atom stereocenters. The largest absolute Gasteiger partial charge is 0.384 e. The topological polar surface area (TPSA) is 55.2 Å². The van der Waals surface area contributed by atoms with Gasteiger partial charge in [-0.25, -0.2) is 9.67 Å². The Kier molecular flexibility index (Phi) is 3.03. The Morgan fingerprint density at radius 1 is 1.29 bits per heavy atom. The van der Waals surface area contributed by atoms with Crippen molar-refractivity contribution in [2.45, 2.75) is 13.3 Å². The summed E-state index contributed by atoms with van der Waals surface area (Å²) in [6.45, 7) is 6.33. The van der Waals surface area contributed by atoms with Crippen LogP contribution in [0.2, 0.25) is 0 Å². The molecular weight excluding hydrogens is 266 g/mol. The Hall–Kier alpha value is -2.08. The number of nitrogens with one attached hydrogen (secondary N) is 1. The quantitative estimate of drug-likeness (QED) is 0.903. The molecule has 4 heterocycles. The fraction of sp³-hybridized carbons (Fsp3) is 0.467. The lowest BCUT2D eigenvalue weighted by molar-refractivity contribution is 0.122. The van der Waals surface area contributed by atoms with Crippen molar-refractivity contribution in [3.8, 4) is 5.82 Å². The lowest BCUT2D eigenvalue weighted by Crippen LogP contribution is -2.37. The van der Waals surface area contributed by atoms with Gasteiger partial charge in [-0.3, -0.25) is 0 Å². The van der Waals surface area contributed by atoms with Crippen molar-refractivity contribution in [1.29, 1.82) is 0 Å². The van der Waals surface area contributed by atoms with E-state index in [9.17, 15) is 0 Å². The minimum atomic E-state index is 0.773. The van der Waals surface area contributed by atoms with E-state index in [1.54, 1.807) is 0 Å². The zero-order chi connectivity index (χ0) is 14.2. The molecule has 0 amide bonds. The summed E-state index contributed by atoms with van der Waals surface area (Å²) in [5, 5.41) is 7.93. The van der Waals surface area contributed by atoms with Crippen LogP contribution in [-0.2, 0) is 11.2 Å². The van der Waals surface area contributed by atoms with Crippen LogP contribution in [0.25, 0.3) is 5.82 Å². The number of aryl methyl sites for hydroxylation is 1. The van der Waals surface area contributed by atoms with Crippen LogP contribution in [0.4, 0.5) is 11.5 Å². The lowest BCUT2D eigenvalue weighted by Gasteiger charge is -2.29. The molecule has 1 N–H and O–H groups in total. The average Bonchev–Trinajstić information content (AvgIpc) is 3.15. The van der Waals surface area contributed by atoms with Crippen molar-refractivity contribution in [1.82, 2.24) is 14.8 Å². The molecule has 2 aromatic rings. The number of aromatic nitrogens is 3. The van der Waals surface area contributed by atoms with E-state index in [1.807, 2.05) is 23.9 Å². The van der Waals surface area contributed by atoms with Crippen LogP contribution in [0.5, 0.6) is 0 Å². The number of nitrogens with zero attached hydrogens (tertiary/aromatic N) is 4. The first-order valence-electron chi connectivity index (χ1n) is 7.44. The summed E-state index contributed by atoms with van der Waals surface area (Å²) < 4.78 is 7.30. The number of anilines is 2. The highest BCUT2D eigenvalue weighted by Gasteiger charge is 2.23. The third-order valence-corrected chi connectivity index (χ3v) is 4.05. The molecule has 6 heteroatoms. The van der Waals surface area contributed by atoms with E-state index in [-0.39, 0.29) is 0 Å². The first-order valence-corrected chi connectivity index (χ1v) is 7.44. The Morgan fingerprint density at radius 3 is 2.90 bits per heavy atom. The summed E-state index contributed by atoms with van der Waals surface area (Å²) in [4.78, 5) is 7.21. The standard InChI is InChI=1S/C15H19N5O/c1-11-3-5-20(18-11)14-10-13-12(2-4-16-13)15(17-14)19-6-8-21-9-7-19/h3,5,10,16H,2,4,6-9H2,1H3. The minimum absolute atomic E-state index is 0.773. The molecule has 4 rings (SSSR count). The normalized spacial score (nSPS) is 17.7. The summed E-state index contributed by atoms with van der Waals surface area (Å²) in [5.74, 6) is 1.96. The summed E-state index contributed by atoms with van der Waals surface area (Å²) in [7, 11) is 0. The van der Waals surface area contributed by atoms with Gasteiger partial charge in [0.25, 0.3) is 0 Å². The highest BCUT2D eigenvalue weighted by molar-refractivity contribution is 5.68. The van der Waals surface area contributed by atoms with E-state index >= 15 is 0 Å². The summed E-state index contributed by atoms with van der Waals surface area (Å²) in [5.41, 5.74) is 3.51. The summed E-state index contributed by atoms with van der Waals surface area (Å²) in [6, 6.07) is 4.09. The molecule has 0 radical (unpaired) electrons. The summed E-state index contributed by atoms with van der Waals surface area (Å²) in [6.07, 6.45) is 3.00. The van der Waals surface area contributed by atoms with Gasteiger partial charge in [-0.05, 0) is 19.4 Å². The van der Waals surface area contributed by atoms with E-state index < -0.39 is 0 Å². The maximum absolute atomic E-state index is 5.46. The van der Waals surface area contributed by atoms with Crippen LogP contribution in [0.15, 0.2) is 18.3 Å². The zero-order valence-corrected chi connectivity index (χ0v) is 12.2. The first-order chi connectivity index (χ1) is 10.3. The Balaban J connectivity index is 1.79. The Bertz CT molecular complexity index is 660. The van der Waals surface area contributed by atoms with Gasteiger partial charge in [0.1, 0.15) is 5.82 Å². The predicted molar refractivity (Wildman–Crippen MR) is 81.3 cm³/mol. The second kappa shape index (κ2) is 5.04. The summed E-state index contributed by atoms with van der Waals surface area (Å²) >= 11 is 0. The highest BCUT2D eigenvalue weighted by Crippen LogP contribution is 2.32. The molecule has 0 saturated carbocycles. The molecule has 0 aromatic carbocycles. The third kappa shape index (κ3) is 2.25. The SMILES string of the molecule is Cc1ccn(-c2cc3c(c(N4CCOCC4)n2)CCN3)n1. The molecule has 110 valence electrons. The molecule has 1 saturated heterocycles. The van der Waals surface area contributed by atoms with Gasteiger partial charge >= 0.3 is 0 Å². The number of ether oxygens (including phenoxy) is 1. The third-order valence-electron chi connectivity index (χ3n) is 4.05. The van der Waals surface area contributed by atoms with Gasteiger partial charge in [-0.2, -0.15) is 5.10 Å². The minimum Gasteiger partial charge on any atom is -0.384 e. The van der Waals surface area contributed by atoms with Gasteiger partial charge in [-0.15, -0.1) is 0 Å². The number of morpholine rings is 1. The number of fused-ring (bicyclic) bond motifs is 1. The molecule has 2 aromatic heterocycles. The Morgan fingerprint density at radius 2 is 2.14 bits per heavy atom. The van der Waals surface area contributed by atoms with Gasteiger partial charge in [0.2, 0.25) is 0 Å². The van der Waals surface area contributed by atoms with Crippen LogP contribution >= 0.6 is 0 Å². The van der Waals surface area contributed by atoms with E-state index in [1.165, 1.54) is 11.3 Å². The van der Waals surface area contributed by atoms with Crippen molar-refractivity contribution in [2.24, 2.45) is 0 Å². The van der Waals surface area contributed by atoms with Crippen molar-refractivity contribution in [3.05, 3.63) is 29.6 Å². The van der Waals surface area contributed by atoms with Gasteiger partial charge in [-0.1, -0.05) is 0 Å². The van der Waals surface area contributed by atoms with Crippen LogP contribution in [0.1, 0.15) is 11.3 Å². The Labute approximate surface area is 123 Å². The first kappa shape index (κ1) is 12.6. The average molecular weight is 285 g/mol. The molecule has 1 fully saturated rings. The highest BCUT2D eigenvalue weighted by atomic mass is 16.5. The number of hydrogen-bond donors (Lipinski definition) is 1. The second-order valence-corrected chi connectivity index (χ2v) is 5.51. The van der Waals surface area contributed by atoms with Crippen LogP contribution in [-0.4, -0.2) is 47.6 Å². The maximum Gasteiger partial charge on any atom is 0.157 e. The molecule has 0 unspecified atom stereocenters. The molecule has 21 heavy (non-hydrogen) atoms. The van der Waals surface area contributed by atoms with Crippen molar-refractivity contribution < 1.29 is 4.74 Å². The van der Waals surface area contributed by atoms with E-state index in [2.05, 4.69) is 21.4 Å². The maximum atomic E-state index is 5.46. The number of rotatable bonds is 2. The van der Waals surface area contributed by atoms with Crippen LogP contribution in [0, 0.1) is 6.92 Å². The predicted octanol–water partition coefficient (Wildman–Crippen LogP) is 1.38. The van der Waals surface area contributed by atoms with E-state index in [4.69, 9.17) is 9.72 Å². The fourth-order valence-corrected chi connectivity index (χ4v) is 2.97. The molecule has 2 aliphatic rings. The molecular formula is C15H19N5O. The van der Waals surface area contributed by atoms with Gasteiger partial charge in [0, 0.05) is 43.1 Å². The second-order valence-electron chi connectivity index (χ2n) is 5.51. The van der Waals surface area contributed by atoms with Gasteiger partial charge < -0.3 is 15.0 Å². The zero-order valence-electron chi connectivity index (χ0n) is 12.2. The van der Waals surface area contributed by atoms with Gasteiger partial charge in [0.05, 0.1) is 18.9 Å². The molecule has 0 spiro atoms. The van der Waals surface area contributed by atoms with Crippen molar-refractivity contribution >= 4 is 11.5 Å². The smallest absolute Gasteiger partial charge is 0.157 e. The van der Waals surface area contributed by atoms with Crippen molar-refractivity contribution in [2.75, 3.05) is 43.1 Å². The molecule has 6 nitrogen and oxygen atoms in total. The van der Waals surface area contributed by atoms with Gasteiger partial charge in [0.15, 0.2) is 5.82 Å². The van der Waals surface area contributed by atoms with Crippen LogP contribution < -0.4 is 10.2 Å². The number of pyridine rings is 1. The van der Waals surface area contributed by atoms with E-state index in [0.29, 0.717) is 0 Å². The molecule has 0 aliphatic carbocycles. The monoisotopic (exact) mass is 285 g/mol. The lowest BCUT2D eigenvalue weighted by atomic mass is 10.2. The molecule has 2 aliphatic heterocycles. The number of hydrogen-bond acceptors (Lipinski definition) is 5. The van der Waals surface area contributed by atoms with Crippen molar-refractivity contribution in [3.63, 3.8) is 0 Å². The fourth-order valence-electron chi connectivity index (χ4n) is 2.97. The van der Waals surface area contributed by atoms with Crippen LogP contribution in [0.3, 0.4) is 0 Å². The molecule has 0 bridgehead atoms.